The van der Waals surface area contributed by atoms with Crippen LogP contribution in [0.15, 0.2) is 18.2 Å². The molecule has 1 aromatic rings. The van der Waals surface area contributed by atoms with E-state index in [1.54, 1.807) is 18.2 Å². The summed E-state index contributed by atoms with van der Waals surface area (Å²) in [6.45, 7) is 5.18. The Morgan fingerprint density at radius 1 is 0.933 bits per heavy atom. The molecule has 8 heteroatoms. The van der Waals surface area contributed by atoms with Crippen molar-refractivity contribution in [1.82, 2.24) is 14.7 Å². The number of carbonyl (C=O) groups excluding carboxylic acids is 2. The van der Waals surface area contributed by atoms with Gasteiger partial charge in [0.05, 0.1) is 29.8 Å². The fraction of sp³-hybridized carbons (Fsp3) is 0.636. The van der Waals surface area contributed by atoms with E-state index in [2.05, 4.69) is 4.90 Å². The first-order valence-electron chi connectivity index (χ1n) is 10.9. The van der Waals surface area contributed by atoms with Crippen molar-refractivity contribution >= 4 is 35.0 Å². The lowest BCUT2D eigenvalue weighted by atomic mass is 9.94. The quantitative estimate of drug-likeness (QED) is 0.702. The van der Waals surface area contributed by atoms with Crippen LogP contribution < -0.4 is 0 Å². The van der Waals surface area contributed by atoms with Gasteiger partial charge in [0.25, 0.3) is 5.91 Å². The summed E-state index contributed by atoms with van der Waals surface area (Å²) in [5, 5.41) is 0.892. The largest absolute Gasteiger partial charge is 0.378 e. The number of carbonyl (C=O) groups is 2. The Hall–Kier alpha value is -1.34. The molecule has 1 unspecified atom stereocenters. The lowest BCUT2D eigenvalue weighted by molar-refractivity contribution is -0.144. The first-order valence-corrected chi connectivity index (χ1v) is 11.6. The number of amides is 2. The summed E-state index contributed by atoms with van der Waals surface area (Å²) in [5.74, 6) is 0.576. The van der Waals surface area contributed by atoms with Crippen LogP contribution in [0.1, 0.15) is 36.0 Å². The zero-order valence-corrected chi connectivity index (χ0v) is 18.7. The van der Waals surface area contributed by atoms with Crippen molar-refractivity contribution in [3.05, 3.63) is 33.8 Å². The van der Waals surface area contributed by atoms with Crippen molar-refractivity contribution < 1.29 is 14.3 Å². The Morgan fingerprint density at radius 2 is 1.60 bits per heavy atom. The third kappa shape index (κ3) is 4.77. The van der Waals surface area contributed by atoms with Crippen LogP contribution in [0.5, 0.6) is 0 Å². The summed E-state index contributed by atoms with van der Waals surface area (Å²) < 4.78 is 5.43. The first-order chi connectivity index (χ1) is 14.5. The highest BCUT2D eigenvalue weighted by atomic mass is 35.5. The van der Waals surface area contributed by atoms with E-state index in [1.807, 2.05) is 9.80 Å². The SMILES string of the molecule is O=C(c1ccc(Cl)cc1Cl)N1CCN(C(C(=O)N2CCOCC2)C2CCCC2)CC1. The molecule has 0 spiro atoms. The molecule has 164 valence electrons. The van der Waals surface area contributed by atoms with E-state index >= 15 is 0 Å². The molecule has 0 radical (unpaired) electrons. The fourth-order valence-electron chi connectivity index (χ4n) is 4.94. The number of ether oxygens (including phenoxy) is 1. The molecule has 4 rings (SSSR count). The molecule has 1 aliphatic carbocycles. The van der Waals surface area contributed by atoms with Crippen molar-refractivity contribution in [1.29, 1.82) is 0 Å². The predicted octanol–water partition coefficient (Wildman–Crippen LogP) is 3.17. The minimum Gasteiger partial charge on any atom is -0.378 e. The highest BCUT2D eigenvalue weighted by Crippen LogP contribution is 2.32. The number of benzene rings is 1. The van der Waals surface area contributed by atoms with E-state index in [9.17, 15) is 9.59 Å². The minimum atomic E-state index is -0.0815. The van der Waals surface area contributed by atoms with Gasteiger partial charge in [0, 0.05) is 44.3 Å². The van der Waals surface area contributed by atoms with E-state index in [0.29, 0.717) is 74.0 Å². The maximum atomic E-state index is 13.4. The second-order valence-corrected chi connectivity index (χ2v) is 9.22. The van der Waals surface area contributed by atoms with Crippen molar-refractivity contribution in [2.24, 2.45) is 5.92 Å². The van der Waals surface area contributed by atoms with Gasteiger partial charge in [-0.2, -0.15) is 0 Å². The molecule has 2 amide bonds. The maximum Gasteiger partial charge on any atom is 0.255 e. The highest BCUT2D eigenvalue weighted by molar-refractivity contribution is 6.36. The number of hydrogen-bond acceptors (Lipinski definition) is 4. The van der Waals surface area contributed by atoms with Gasteiger partial charge in [0.1, 0.15) is 0 Å². The molecule has 1 aromatic carbocycles. The fourth-order valence-corrected chi connectivity index (χ4v) is 5.43. The van der Waals surface area contributed by atoms with Crippen LogP contribution in [0.2, 0.25) is 10.0 Å². The van der Waals surface area contributed by atoms with Gasteiger partial charge in [-0.25, -0.2) is 0 Å². The average Bonchev–Trinajstić information content (AvgIpc) is 3.29. The molecule has 2 saturated heterocycles. The summed E-state index contributed by atoms with van der Waals surface area (Å²) in [4.78, 5) is 32.5. The summed E-state index contributed by atoms with van der Waals surface area (Å²) in [6.07, 6.45) is 4.62. The van der Waals surface area contributed by atoms with Gasteiger partial charge in [-0.3, -0.25) is 14.5 Å². The van der Waals surface area contributed by atoms with E-state index in [1.165, 1.54) is 12.8 Å². The summed E-state index contributed by atoms with van der Waals surface area (Å²) >= 11 is 12.2. The molecule has 30 heavy (non-hydrogen) atoms. The van der Waals surface area contributed by atoms with Crippen LogP contribution in [0.4, 0.5) is 0 Å². The van der Waals surface area contributed by atoms with Crippen molar-refractivity contribution in [3.8, 4) is 0 Å². The van der Waals surface area contributed by atoms with Gasteiger partial charge in [-0.1, -0.05) is 36.0 Å². The van der Waals surface area contributed by atoms with E-state index < -0.39 is 0 Å². The van der Waals surface area contributed by atoms with Crippen LogP contribution in [-0.4, -0.2) is 85.0 Å². The summed E-state index contributed by atoms with van der Waals surface area (Å²) in [7, 11) is 0. The predicted molar refractivity (Wildman–Crippen MR) is 117 cm³/mol. The van der Waals surface area contributed by atoms with Crippen molar-refractivity contribution in [3.63, 3.8) is 0 Å². The molecule has 2 aliphatic heterocycles. The Balaban J connectivity index is 1.43. The number of halogens is 2. The molecule has 0 aromatic heterocycles. The maximum absolute atomic E-state index is 13.4. The second-order valence-electron chi connectivity index (χ2n) is 8.38. The van der Waals surface area contributed by atoms with Gasteiger partial charge >= 0.3 is 0 Å². The lowest BCUT2D eigenvalue weighted by Crippen LogP contribution is -2.59. The van der Waals surface area contributed by atoms with Gasteiger partial charge in [0.15, 0.2) is 0 Å². The van der Waals surface area contributed by atoms with Crippen LogP contribution >= 0.6 is 23.2 Å². The smallest absolute Gasteiger partial charge is 0.255 e. The van der Waals surface area contributed by atoms with E-state index in [4.69, 9.17) is 27.9 Å². The lowest BCUT2D eigenvalue weighted by Gasteiger charge is -2.43. The summed E-state index contributed by atoms with van der Waals surface area (Å²) in [5.41, 5.74) is 0.478. The Labute approximate surface area is 188 Å². The van der Waals surface area contributed by atoms with Crippen molar-refractivity contribution in [2.75, 3.05) is 52.5 Å². The van der Waals surface area contributed by atoms with Crippen molar-refractivity contribution in [2.45, 2.75) is 31.7 Å². The Kier molecular flexibility index (Phi) is 7.19. The first kappa shape index (κ1) is 21.9. The third-order valence-electron chi connectivity index (χ3n) is 6.58. The van der Waals surface area contributed by atoms with E-state index in [-0.39, 0.29) is 17.9 Å². The normalized spacial score (nSPS) is 22.3. The molecule has 6 nitrogen and oxygen atoms in total. The highest BCUT2D eigenvalue weighted by Gasteiger charge is 2.39. The summed E-state index contributed by atoms with van der Waals surface area (Å²) in [6, 6.07) is 4.89. The topological polar surface area (TPSA) is 53.1 Å². The molecule has 0 N–H and O–H groups in total. The molecule has 2 heterocycles. The standard InChI is InChI=1S/C22H29Cl2N3O3/c23-17-5-6-18(19(24)15-17)21(28)26-9-7-25(8-10-26)20(16-3-1-2-4-16)22(29)27-11-13-30-14-12-27/h5-6,15-16,20H,1-4,7-14H2. The van der Waals surface area contributed by atoms with E-state index in [0.717, 1.165) is 12.8 Å². The zero-order valence-electron chi connectivity index (χ0n) is 17.2. The van der Waals surface area contributed by atoms with Gasteiger partial charge in [0.2, 0.25) is 5.91 Å². The van der Waals surface area contributed by atoms with Crippen LogP contribution in [0.3, 0.4) is 0 Å². The molecule has 3 fully saturated rings. The molecular weight excluding hydrogens is 425 g/mol. The van der Waals surface area contributed by atoms with Crippen LogP contribution in [0, 0.1) is 5.92 Å². The monoisotopic (exact) mass is 453 g/mol. The van der Waals surface area contributed by atoms with Crippen LogP contribution in [0.25, 0.3) is 0 Å². The minimum absolute atomic E-state index is 0.0757. The second kappa shape index (κ2) is 9.86. The number of morpholine rings is 1. The number of rotatable bonds is 4. The molecular formula is C22H29Cl2N3O3. The number of piperazine rings is 1. The molecule has 3 aliphatic rings. The van der Waals surface area contributed by atoms with Crippen LogP contribution in [-0.2, 0) is 9.53 Å². The zero-order chi connectivity index (χ0) is 21.1. The number of nitrogens with zero attached hydrogens (tertiary/aromatic N) is 3. The molecule has 0 bridgehead atoms. The third-order valence-corrected chi connectivity index (χ3v) is 7.13. The number of hydrogen-bond donors (Lipinski definition) is 0. The van der Waals surface area contributed by atoms with Gasteiger partial charge < -0.3 is 14.5 Å². The Morgan fingerprint density at radius 3 is 2.23 bits per heavy atom. The molecule has 1 atom stereocenters. The van der Waals surface area contributed by atoms with Gasteiger partial charge in [-0.05, 0) is 37.0 Å². The van der Waals surface area contributed by atoms with Gasteiger partial charge in [-0.15, -0.1) is 0 Å². The molecule has 1 saturated carbocycles. The average molecular weight is 454 g/mol. The Bertz CT molecular complexity index is 771.